The van der Waals surface area contributed by atoms with Crippen molar-refractivity contribution in [3.8, 4) is 0 Å². The summed E-state index contributed by atoms with van der Waals surface area (Å²) < 4.78 is 33.3. The normalized spacial score (nSPS) is 17.8. The predicted molar refractivity (Wildman–Crippen MR) is 112 cm³/mol. The summed E-state index contributed by atoms with van der Waals surface area (Å²) in [6, 6.07) is 15.9. The van der Waals surface area contributed by atoms with E-state index in [1.165, 1.54) is 5.41 Å². The van der Waals surface area contributed by atoms with Crippen LogP contribution in [0.25, 0.3) is 17.2 Å². The summed E-state index contributed by atoms with van der Waals surface area (Å²) in [6.45, 7) is 3.12. The number of hydrogen-bond acceptors (Lipinski definition) is 5. The Morgan fingerprint density at radius 1 is 1.21 bits per heavy atom. The number of rotatable bonds is 6. The van der Waals surface area contributed by atoms with Gasteiger partial charge in [0.1, 0.15) is 5.52 Å². The van der Waals surface area contributed by atoms with Crippen molar-refractivity contribution in [2.75, 3.05) is 18.0 Å². The first-order valence-corrected chi connectivity index (χ1v) is 10.9. The molecule has 1 saturated heterocycles. The molecule has 2 aromatic carbocycles. The Bertz CT molecular complexity index is 1050. The monoisotopic (exact) mass is 397 g/mol. The Morgan fingerprint density at radius 2 is 2.00 bits per heavy atom. The molecule has 0 saturated carbocycles. The van der Waals surface area contributed by atoms with Crippen molar-refractivity contribution in [2.45, 2.75) is 25.8 Å². The van der Waals surface area contributed by atoms with Crippen LogP contribution in [0.3, 0.4) is 0 Å². The lowest BCUT2D eigenvalue weighted by Crippen LogP contribution is -2.39. The van der Waals surface area contributed by atoms with E-state index in [4.69, 9.17) is 4.42 Å². The first kappa shape index (κ1) is 18.7. The number of hydrogen-bond donors (Lipinski definition) is 1. The SMILES string of the molecule is Cc1ccc(C=CS(=O)(=O)NCC2CCCN2c2nc3ccccc3o2)cc1. The van der Waals surface area contributed by atoms with Crippen LogP contribution in [0.2, 0.25) is 0 Å². The average molecular weight is 398 g/mol. The molecule has 1 unspecified atom stereocenters. The van der Waals surface area contributed by atoms with Crippen molar-refractivity contribution in [3.05, 3.63) is 65.1 Å². The maximum atomic E-state index is 12.4. The molecule has 6 nitrogen and oxygen atoms in total. The molecule has 0 amide bonds. The van der Waals surface area contributed by atoms with E-state index in [1.54, 1.807) is 6.08 Å². The van der Waals surface area contributed by atoms with Crippen molar-refractivity contribution in [3.63, 3.8) is 0 Å². The summed E-state index contributed by atoms with van der Waals surface area (Å²) in [5, 5.41) is 1.22. The number of sulfonamides is 1. The third-order valence-electron chi connectivity index (χ3n) is 4.94. The number of nitrogens with one attached hydrogen (secondary N) is 1. The van der Waals surface area contributed by atoms with Crippen LogP contribution in [0.15, 0.2) is 58.4 Å². The number of oxazole rings is 1. The molecule has 1 N–H and O–H groups in total. The van der Waals surface area contributed by atoms with E-state index >= 15 is 0 Å². The zero-order valence-electron chi connectivity index (χ0n) is 15.7. The van der Waals surface area contributed by atoms with Crippen molar-refractivity contribution < 1.29 is 12.8 Å². The Hall–Kier alpha value is -2.64. The van der Waals surface area contributed by atoms with Crippen LogP contribution in [0, 0.1) is 6.92 Å². The molecule has 0 spiro atoms. The van der Waals surface area contributed by atoms with Gasteiger partial charge in [-0.25, -0.2) is 13.1 Å². The highest BCUT2D eigenvalue weighted by atomic mass is 32.2. The smallest absolute Gasteiger partial charge is 0.298 e. The highest BCUT2D eigenvalue weighted by Crippen LogP contribution is 2.28. The van der Waals surface area contributed by atoms with Gasteiger partial charge in [0.15, 0.2) is 5.58 Å². The number of anilines is 1. The van der Waals surface area contributed by atoms with Gasteiger partial charge in [0.05, 0.1) is 0 Å². The number of aromatic nitrogens is 1. The molecule has 1 aliphatic heterocycles. The molecule has 2 heterocycles. The lowest BCUT2D eigenvalue weighted by atomic mass is 10.2. The molecular weight excluding hydrogens is 374 g/mol. The van der Waals surface area contributed by atoms with E-state index in [0.717, 1.165) is 41.6 Å². The number of fused-ring (bicyclic) bond motifs is 1. The fraction of sp³-hybridized carbons (Fsp3) is 0.286. The highest BCUT2D eigenvalue weighted by Gasteiger charge is 2.29. The number of nitrogens with zero attached hydrogens (tertiary/aromatic N) is 2. The Kier molecular flexibility index (Phi) is 5.19. The first-order valence-electron chi connectivity index (χ1n) is 9.37. The van der Waals surface area contributed by atoms with Gasteiger partial charge in [-0.1, -0.05) is 42.0 Å². The zero-order valence-corrected chi connectivity index (χ0v) is 16.5. The van der Waals surface area contributed by atoms with Crippen LogP contribution in [-0.2, 0) is 10.0 Å². The number of aryl methyl sites for hydroxylation is 1. The molecule has 3 aromatic rings. The van der Waals surface area contributed by atoms with Crippen LogP contribution < -0.4 is 9.62 Å². The summed E-state index contributed by atoms with van der Waals surface area (Å²) >= 11 is 0. The molecule has 7 heteroatoms. The minimum Gasteiger partial charge on any atom is -0.423 e. The molecule has 1 atom stereocenters. The molecule has 146 valence electrons. The van der Waals surface area contributed by atoms with Crippen molar-refractivity contribution in [1.29, 1.82) is 0 Å². The Balaban J connectivity index is 1.42. The van der Waals surface area contributed by atoms with Gasteiger partial charge in [-0.3, -0.25) is 0 Å². The predicted octanol–water partition coefficient (Wildman–Crippen LogP) is 3.70. The maximum Gasteiger partial charge on any atom is 0.298 e. The molecule has 28 heavy (non-hydrogen) atoms. The molecule has 1 aromatic heterocycles. The molecule has 0 aliphatic carbocycles. The van der Waals surface area contributed by atoms with Crippen molar-refractivity contribution >= 4 is 33.2 Å². The number of benzene rings is 2. The van der Waals surface area contributed by atoms with Gasteiger partial charge in [0.25, 0.3) is 6.01 Å². The van der Waals surface area contributed by atoms with Crippen molar-refractivity contribution in [1.82, 2.24) is 9.71 Å². The largest absolute Gasteiger partial charge is 0.423 e. The van der Waals surface area contributed by atoms with Gasteiger partial charge < -0.3 is 9.32 Å². The van der Waals surface area contributed by atoms with E-state index in [2.05, 4.69) is 9.71 Å². The van der Waals surface area contributed by atoms with Crippen LogP contribution in [-0.4, -0.2) is 32.5 Å². The average Bonchev–Trinajstić information content (AvgIpc) is 3.32. The van der Waals surface area contributed by atoms with Gasteiger partial charge in [-0.15, -0.1) is 0 Å². The minimum atomic E-state index is -3.52. The van der Waals surface area contributed by atoms with Crippen molar-refractivity contribution in [2.24, 2.45) is 0 Å². The molecule has 1 fully saturated rings. The zero-order chi connectivity index (χ0) is 19.6. The second kappa shape index (κ2) is 7.77. The molecular formula is C21H23N3O3S. The van der Waals surface area contributed by atoms with E-state index in [9.17, 15) is 8.42 Å². The lowest BCUT2D eigenvalue weighted by Gasteiger charge is -2.22. The Labute approximate surface area is 164 Å². The van der Waals surface area contributed by atoms with Crippen LogP contribution in [0.4, 0.5) is 6.01 Å². The molecule has 0 radical (unpaired) electrons. The summed E-state index contributed by atoms with van der Waals surface area (Å²) in [4.78, 5) is 6.59. The first-order chi connectivity index (χ1) is 13.5. The summed E-state index contributed by atoms with van der Waals surface area (Å²) in [6.07, 6.45) is 3.47. The third-order valence-corrected chi connectivity index (χ3v) is 6.01. The molecule has 0 bridgehead atoms. The van der Waals surface area contributed by atoms with Crippen LogP contribution in [0.1, 0.15) is 24.0 Å². The summed E-state index contributed by atoms with van der Waals surface area (Å²) in [7, 11) is -3.52. The quantitative estimate of drug-likeness (QED) is 0.686. The third kappa shape index (κ3) is 4.26. The fourth-order valence-corrected chi connectivity index (χ4v) is 4.25. The van der Waals surface area contributed by atoms with E-state index < -0.39 is 10.0 Å². The maximum absolute atomic E-state index is 12.4. The van der Waals surface area contributed by atoms with Crippen LogP contribution >= 0.6 is 0 Å². The lowest BCUT2D eigenvalue weighted by molar-refractivity contribution is 0.536. The van der Waals surface area contributed by atoms with E-state index in [1.807, 2.05) is 60.4 Å². The van der Waals surface area contributed by atoms with Gasteiger partial charge in [0.2, 0.25) is 10.0 Å². The topological polar surface area (TPSA) is 75.4 Å². The standard InChI is InChI=1S/C21H23N3O3S/c1-16-8-10-17(11-9-16)12-14-28(25,26)22-15-18-5-4-13-24(18)21-23-19-6-2-3-7-20(19)27-21/h2-3,6-12,14,18,22H,4-5,13,15H2,1H3. The second-order valence-electron chi connectivity index (χ2n) is 7.06. The van der Waals surface area contributed by atoms with E-state index in [0.29, 0.717) is 12.6 Å². The summed E-state index contributed by atoms with van der Waals surface area (Å²) in [5.41, 5.74) is 3.54. The van der Waals surface area contributed by atoms with E-state index in [-0.39, 0.29) is 6.04 Å². The Morgan fingerprint density at radius 3 is 2.79 bits per heavy atom. The molecule has 1 aliphatic rings. The fourth-order valence-electron chi connectivity index (χ4n) is 3.39. The van der Waals surface area contributed by atoms with Gasteiger partial charge in [-0.05, 0) is 43.5 Å². The minimum absolute atomic E-state index is 0.0237. The van der Waals surface area contributed by atoms with Gasteiger partial charge in [0, 0.05) is 24.5 Å². The molecule has 4 rings (SSSR count). The van der Waals surface area contributed by atoms with Gasteiger partial charge >= 0.3 is 0 Å². The highest BCUT2D eigenvalue weighted by molar-refractivity contribution is 7.92. The van der Waals surface area contributed by atoms with Crippen LogP contribution in [0.5, 0.6) is 0 Å². The number of para-hydroxylation sites is 2. The summed E-state index contributed by atoms with van der Waals surface area (Å²) in [5.74, 6) is 0. The van der Waals surface area contributed by atoms with Gasteiger partial charge in [-0.2, -0.15) is 4.98 Å². The second-order valence-corrected chi connectivity index (χ2v) is 8.71.